The zero-order chi connectivity index (χ0) is 18.1. The van der Waals surface area contributed by atoms with Gasteiger partial charge in [-0.15, -0.1) is 11.3 Å². The largest absolute Gasteiger partial charge is 0.497 e. The van der Waals surface area contributed by atoms with E-state index in [1.165, 1.54) is 12.3 Å². The number of hydrogen-bond acceptors (Lipinski definition) is 5. The van der Waals surface area contributed by atoms with Crippen molar-refractivity contribution in [2.45, 2.75) is 31.4 Å². The summed E-state index contributed by atoms with van der Waals surface area (Å²) in [5, 5.41) is 13.7. The smallest absolute Gasteiger partial charge is 0.280 e. The Balaban J connectivity index is 1.84. The van der Waals surface area contributed by atoms with E-state index in [0.717, 1.165) is 47.9 Å². The third kappa shape index (κ3) is 2.77. The van der Waals surface area contributed by atoms with Crippen molar-refractivity contribution in [2.75, 3.05) is 32.2 Å². The van der Waals surface area contributed by atoms with Crippen LogP contribution in [0.4, 0.5) is 5.69 Å². The first-order valence-electron chi connectivity index (χ1n) is 9.07. The molecule has 6 heteroatoms. The Morgan fingerprint density at radius 1 is 1.15 bits per heavy atom. The van der Waals surface area contributed by atoms with Crippen molar-refractivity contribution in [1.82, 2.24) is 0 Å². The molecule has 0 fully saturated rings. The monoisotopic (exact) mass is 373 g/mol. The van der Waals surface area contributed by atoms with E-state index in [-0.39, 0.29) is 0 Å². The molecule has 0 saturated carbocycles. The van der Waals surface area contributed by atoms with Gasteiger partial charge in [-0.25, -0.2) is 9.48 Å². The van der Waals surface area contributed by atoms with Crippen LogP contribution < -0.4 is 14.4 Å². The first-order valence-corrected chi connectivity index (χ1v) is 9.95. The minimum absolute atomic E-state index is 0.492. The van der Waals surface area contributed by atoms with Crippen molar-refractivity contribution < 1.29 is 19.2 Å². The summed E-state index contributed by atoms with van der Waals surface area (Å²) in [4.78, 5) is 3.20. The summed E-state index contributed by atoms with van der Waals surface area (Å²) in [5.74, 6) is 2.75. The van der Waals surface area contributed by atoms with E-state index in [2.05, 4.69) is 9.48 Å². The lowest BCUT2D eigenvalue weighted by atomic mass is 10.1. The minimum Gasteiger partial charge on any atom is -0.497 e. The molecule has 1 atom stereocenters. The molecule has 0 aliphatic carbocycles. The molecule has 0 radical (unpaired) electrons. The quantitative estimate of drug-likeness (QED) is 0.834. The molecule has 1 N–H and O–H groups in total. The van der Waals surface area contributed by atoms with Gasteiger partial charge in [-0.05, 0) is 42.8 Å². The number of methoxy groups -OCH3 is 2. The minimum atomic E-state index is -0.998. The van der Waals surface area contributed by atoms with Gasteiger partial charge < -0.3 is 14.6 Å². The molecule has 0 unspecified atom stereocenters. The molecule has 2 aliphatic heterocycles. The summed E-state index contributed by atoms with van der Waals surface area (Å²) in [6.45, 7) is 1.36. The summed E-state index contributed by atoms with van der Waals surface area (Å²) in [6, 6.07) is 9.86. The Labute approximate surface area is 158 Å². The second-order valence-electron chi connectivity index (χ2n) is 6.80. The van der Waals surface area contributed by atoms with Gasteiger partial charge in [0.2, 0.25) is 0 Å². The van der Waals surface area contributed by atoms with Gasteiger partial charge in [0.25, 0.3) is 11.6 Å². The van der Waals surface area contributed by atoms with Crippen LogP contribution in [-0.2, 0) is 5.72 Å². The highest BCUT2D eigenvalue weighted by atomic mass is 32.1. The van der Waals surface area contributed by atoms with Crippen molar-refractivity contribution in [2.24, 2.45) is 0 Å². The van der Waals surface area contributed by atoms with Crippen LogP contribution in [0.25, 0.3) is 0 Å². The van der Waals surface area contributed by atoms with Gasteiger partial charge in [-0.3, -0.25) is 0 Å². The van der Waals surface area contributed by atoms with Crippen molar-refractivity contribution in [3.05, 3.63) is 40.6 Å². The number of aliphatic hydroxyl groups is 1. The summed E-state index contributed by atoms with van der Waals surface area (Å²) in [6.07, 6.45) is 4.37. The lowest BCUT2D eigenvalue weighted by Crippen LogP contribution is -2.40. The molecule has 2 aromatic rings. The van der Waals surface area contributed by atoms with Crippen LogP contribution in [-0.4, -0.2) is 42.8 Å². The fourth-order valence-corrected chi connectivity index (χ4v) is 4.84. The van der Waals surface area contributed by atoms with Gasteiger partial charge in [0.15, 0.2) is 18.0 Å². The zero-order valence-corrected chi connectivity index (χ0v) is 16.1. The molecule has 0 spiro atoms. The van der Waals surface area contributed by atoms with Crippen LogP contribution in [0.5, 0.6) is 11.5 Å². The number of nitrogens with zero attached hydrogens (tertiary/aromatic N) is 2. The van der Waals surface area contributed by atoms with Crippen LogP contribution in [0.1, 0.15) is 30.6 Å². The van der Waals surface area contributed by atoms with E-state index in [9.17, 15) is 5.11 Å². The van der Waals surface area contributed by atoms with Crippen LogP contribution >= 0.6 is 11.3 Å². The number of β-amino-alcohol motifs (C(OH)–C–C–N with tert-alkyl or cyclic N) is 1. The molecule has 1 aromatic heterocycles. The summed E-state index contributed by atoms with van der Waals surface area (Å²) >= 11 is 1.61. The molecule has 138 valence electrons. The summed E-state index contributed by atoms with van der Waals surface area (Å²) < 4.78 is 13.3. The second-order valence-corrected chi connectivity index (χ2v) is 7.74. The average Bonchev–Trinajstić information content (AvgIpc) is 3.22. The van der Waals surface area contributed by atoms with Crippen molar-refractivity contribution in [3.63, 3.8) is 0 Å². The van der Waals surface area contributed by atoms with Crippen LogP contribution in [0.3, 0.4) is 0 Å². The Kier molecular flexibility index (Phi) is 4.63. The van der Waals surface area contributed by atoms with Gasteiger partial charge in [0.1, 0.15) is 5.75 Å². The van der Waals surface area contributed by atoms with E-state index >= 15 is 0 Å². The number of anilines is 1. The predicted molar refractivity (Wildman–Crippen MR) is 104 cm³/mol. The highest BCUT2D eigenvalue weighted by Gasteiger charge is 2.53. The number of hydrogen-bond donors (Lipinski definition) is 1. The normalized spacial score (nSPS) is 23.0. The predicted octanol–water partition coefficient (Wildman–Crippen LogP) is 3.42. The standard InChI is InChI=1S/C20H25N2O3S/c1-24-15-9-10-17(25-2)16(13-15)21-14-20(23,18-7-6-12-26-18)22-11-5-3-4-8-19(21)22/h6-7,9-10,12-13,23H,3-5,8,11,14H2,1-2H3/q+1/t20-/m0/s1. The summed E-state index contributed by atoms with van der Waals surface area (Å²) in [5.41, 5.74) is -0.0525. The van der Waals surface area contributed by atoms with Gasteiger partial charge in [-0.2, -0.15) is 0 Å². The first-order chi connectivity index (χ1) is 12.7. The van der Waals surface area contributed by atoms with Crippen molar-refractivity contribution in [1.29, 1.82) is 0 Å². The number of amidine groups is 1. The molecule has 1 aromatic carbocycles. The maximum atomic E-state index is 11.7. The van der Waals surface area contributed by atoms with Gasteiger partial charge in [0, 0.05) is 12.5 Å². The third-order valence-electron chi connectivity index (χ3n) is 5.32. The Hall–Kier alpha value is -2.05. The topological polar surface area (TPSA) is 44.9 Å². The molecular formula is C20H25N2O3S+. The Morgan fingerprint density at radius 2 is 2.04 bits per heavy atom. The fraction of sp³-hybridized carbons (Fsp3) is 0.450. The number of ether oxygens (including phenoxy) is 2. The van der Waals surface area contributed by atoms with Crippen molar-refractivity contribution >= 4 is 22.9 Å². The van der Waals surface area contributed by atoms with Crippen LogP contribution in [0.2, 0.25) is 0 Å². The van der Waals surface area contributed by atoms with Crippen LogP contribution in [0.15, 0.2) is 35.7 Å². The highest BCUT2D eigenvalue weighted by Crippen LogP contribution is 2.41. The summed E-state index contributed by atoms with van der Waals surface area (Å²) in [7, 11) is 3.35. The zero-order valence-electron chi connectivity index (χ0n) is 15.3. The van der Waals surface area contributed by atoms with E-state index in [4.69, 9.17) is 9.47 Å². The highest BCUT2D eigenvalue weighted by molar-refractivity contribution is 7.10. The lowest BCUT2D eigenvalue weighted by Gasteiger charge is -2.22. The molecule has 5 nitrogen and oxygen atoms in total. The van der Waals surface area contributed by atoms with E-state index in [1.807, 2.05) is 35.7 Å². The SMILES string of the molecule is COc1ccc(OC)c(N2C[C@](O)(c3cccs3)[N+]3=C2CCCCC3)c1. The molecule has 0 bridgehead atoms. The molecule has 2 aliphatic rings. The van der Waals surface area contributed by atoms with Crippen molar-refractivity contribution in [3.8, 4) is 11.5 Å². The fourth-order valence-electron chi connectivity index (χ4n) is 4.02. The van der Waals surface area contributed by atoms with Crippen LogP contribution in [0, 0.1) is 0 Å². The average molecular weight is 373 g/mol. The number of rotatable bonds is 4. The molecule has 3 heterocycles. The van der Waals surface area contributed by atoms with E-state index in [1.54, 1.807) is 25.6 Å². The number of thiophene rings is 1. The van der Waals surface area contributed by atoms with Gasteiger partial charge in [-0.1, -0.05) is 6.07 Å². The molecular weight excluding hydrogens is 348 g/mol. The molecule has 26 heavy (non-hydrogen) atoms. The van der Waals surface area contributed by atoms with E-state index in [0.29, 0.717) is 6.54 Å². The lowest BCUT2D eigenvalue weighted by molar-refractivity contribution is -0.657. The van der Waals surface area contributed by atoms with Gasteiger partial charge >= 0.3 is 0 Å². The maximum Gasteiger partial charge on any atom is 0.280 e. The Bertz CT molecular complexity index is 818. The Morgan fingerprint density at radius 3 is 2.77 bits per heavy atom. The maximum absolute atomic E-state index is 11.7. The molecule has 0 amide bonds. The number of benzene rings is 1. The van der Waals surface area contributed by atoms with Gasteiger partial charge in [0.05, 0.1) is 25.6 Å². The molecule has 4 rings (SSSR count). The third-order valence-corrected chi connectivity index (χ3v) is 6.33. The second kappa shape index (κ2) is 6.93. The molecule has 0 saturated heterocycles. The first kappa shape index (κ1) is 17.4. The van der Waals surface area contributed by atoms with E-state index < -0.39 is 5.72 Å².